The van der Waals surface area contributed by atoms with Crippen LogP contribution in [0.3, 0.4) is 0 Å². The van der Waals surface area contributed by atoms with Gasteiger partial charge in [-0.05, 0) is 36.1 Å². The first-order valence-corrected chi connectivity index (χ1v) is 7.05. The molecule has 0 atom stereocenters. The smallest absolute Gasteiger partial charge is 0.321 e. The fraction of sp³-hybridized carbons (Fsp3) is 0.562. The maximum Gasteiger partial charge on any atom is 0.321 e. The monoisotopic (exact) mass is 278 g/mol. The van der Waals surface area contributed by atoms with Gasteiger partial charge < -0.3 is 15.0 Å². The quantitative estimate of drug-likeness (QED) is 0.885. The van der Waals surface area contributed by atoms with E-state index in [2.05, 4.69) is 33.0 Å². The molecule has 20 heavy (non-hydrogen) atoms. The number of carbonyl (C=O) groups is 1. The van der Waals surface area contributed by atoms with Gasteiger partial charge in [-0.25, -0.2) is 4.79 Å². The number of nitrogens with one attached hydrogen (secondary N) is 1. The molecule has 0 aromatic heterocycles. The van der Waals surface area contributed by atoms with Gasteiger partial charge in [-0.1, -0.05) is 27.7 Å². The van der Waals surface area contributed by atoms with Crippen LogP contribution in [-0.4, -0.2) is 31.1 Å². The molecule has 0 saturated heterocycles. The van der Waals surface area contributed by atoms with Gasteiger partial charge in [-0.3, -0.25) is 0 Å². The molecule has 0 fully saturated rings. The zero-order valence-electron chi connectivity index (χ0n) is 13.2. The van der Waals surface area contributed by atoms with E-state index >= 15 is 0 Å². The molecule has 1 N–H and O–H groups in total. The van der Waals surface area contributed by atoms with Crippen LogP contribution >= 0.6 is 0 Å². The van der Waals surface area contributed by atoms with E-state index in [0.29, 0.717) is 0 Å². The standard InChI is InChI=1S/C16H26N2O2/c1-6-11-18(12-16(2,3)4)15(19)17-13-7-9-14(20-5)10-8-13/h7-10H,6,11-12H2,1-5H3,(H,17,19). The van der Waals surface area contributed by atoms with E-state index in [1.54, 1.807) is 7.11 Å². The summed E-state index contributed by atoms with van der Waals surface area (Å²) in [6.45, 7) is 9.99. The van der Waals surface area contributed by atoms with E-state index in [0.717, 1.165) is 30.9 Å². The fourth-order valence-electron chi connectivity index (χ4n) is 1.97. The minimum absolute atomic E-state index is 0.0491. The number of nitrogens with zero attached hydrogens (tertiary/aromatic N) is 1. The van der Waals surface area contributed by atoms with Gasteiger partial charge in [0.15, 0.2) is 0 Å². The molecule has 1 aromatic rings. The van der Waals surface area contributed by atoms with Crippen LogP contribution in [0.2, 0.25) is 0 Å². The van der Waals surface area contributed by atoms with Gasteiger partial charge in [-0.2, -0.15) is 0 Å². The predicted octanol–water partition coefficient (Wildman–Crippen LogP) is 3.99. The number of hydrogen-bond donors (Lipinski definition) is 1. The Morgan fingerprint density at radius 1 is 1.25 bits per heavy atom. The van der Waals surface area contributed by atoms with Crippen molar-refractivity contribution in [3.63, 3.8) is 0 Å². The molecular formula is C16H26N2O2. The molecular weight excluding hydrogens is 252 g/mol. The molecule has 112 valence electrons. The summed E-state index contributed by atoms with van der Waals surface area (Å²) in [5.41, 5.74) is 0.873. The SMILES string of the molecule is CCCN(CC(C)(C)C)C(=O)Nc1ccc(OC)cc1. The summed E-state index contributed by atoms with van der Waals surface area (Å²) in [7, 11) is 1.62. The fourth-order valence-corrected chi connectivity index (χ4v) is 1.97. The summed E-state index contributed by atoms with van der Waals surface area (Å²) in [4.78, 5) is 14.2. The number of anilines is 1. The average Bonchev–Trinajstić information content (AvgIpc) is 2.37. The lowest BCUT2D eigenvalue weighted by Gasteiger charge is -2.30. The lowest BCUT2D eigenvalue weighted by Crippen LogP contribution is -2.40. The second-order valence-electron chi connectivity index (χ2n) is 6.14. The first-order valence-electron chi connectivity index (χ1n) is 7.05. The summed E-state index contributed by atoms with van der Waals surface area (Å²) in [6.07, 6.45) is 0.951. The molecule has 0 unspecified atom stereocenters. The lowest BCUT2D eigenvalue weighted by atomic mass is 9.96. The molecule has 2 amide bonds. The van der Waals surface area contributed by atoms with Crippen LogP contribution < -0.4 is 10.1 Å². The van der Waals surface area contributed by atoms with Crippen LogP contribution in [0.25, 0.3) is 0 Å². The Morgan fingerprint density at radius 2 is 1.85 bits per heavy atom. The first kappa shape index (κ1) is 16.3. The van der Waals surface area contributed by atoms with Crippen molar-refractivity contribution < 1.29 is 9.53 Å². The number of urea groups is 1. The Labute approximate surface area is 122 Å². The van der Waals surface area contributed by atoms with Crippen molar-refractivity contribution in [2.45, 2.75) is 34.1 Å². The van der Waals surface area contributed by atoms with Crippen LogP contribution in [-0.2, 0) is 0 Å². The van der Waals surface area contributed by atoms with Gasteiger partial charge in [0.05, 0.1) is 7.11 Å². The molecule has 0 heterocycles. The Kier molecular flexibility index (Phi) is 5.86. The maximum absolute atomic E-state index is 12.3. The zero-order valence-corrected chi connectivity index (χ0v) is 13.2. The minimum Gasteiger partial charge on any atom is -0.497 e. The summed E-state index contributed by atoms with van der Waals surface area (Å²) in [5.74, 6) is 0.781. The molecule has 0 spiro atoms. The van der Waals surface area contributed by atoms with Crippen molar-refractivity contribution in [1.29, 1.82) is 0 Å². The van der Waals surface area contributed by atoms with Crippen LogP contribution in [0.5, 0.6) is 5.75 Å². The molecule has 1 aromatic carbocycles. The van der Waals surface area contributed by atoms with Crippen molar-refractivity contribution in [2.24, 2.45) is 5.41 Å². The third-order valence-corrected chi connectivity index (χ3v) is 2.79. The summed E-state index contributed by atoms with van der Waals surface area (Å²) >= 11 is 0. The Morgan fingerprint density at radius 3 is 2.30 bits per heavy atom. The molecule has 0 aliphatic heterocycles. The predicted molar refractivity (Wildman–Crippen MR) is 83.3 cm³/mol. The van der Waals surface area contributed by atoms with E-state index in [1.165, 1.54) is 0 Å². The van der Waals surface area contributed by atoms with E-state index in [1.807, 2.05) is 29.2 Å². The van der Waals surface area contributed by atoms with Gasteiger partial charge >= 0.3 is 6.03 Å². The van der Waals surface area contributed by atoms with Gasteiger partial charge in [0, 0.05) is 18.8 Å². The minimum atomic E-state index is -0.0491. The summed E-state index contributed by atoms with van der Waals surface area (Å²) < 4.78 is 5.10. The number of amides is 2. The van der Waals surface area contributed by atoms with Gasteiger partial charge in [0.1, 0.15) is 5.75 Å². The zero-order chi connectivity index (χ0) is 15.2. The molecule has 0 aliphatic carbocycles. The van der Waals surface area contributed by atoms with Crippen molar-refractivity contribution in [2.75, 3.05) is 25.5 Å². The van der Waals surface area contributed by atoms with Crippen LogP contribution in [0.1, 0.15) is 34.1 Å². The number of carbonyl (C=O) groups excluding carboxylic acids is 1. The Bertz CT molecular complexity index is 421. The topological polar surface area (TPSA) is 41.6 Å². The van der Waals surface area contributed by atoms with Crippen LogP contribution in [0.4, 0.5) is 10.5 Å². The van der Waals surface area contributed by atoms with E-state index in [4.69, 9.17) is 4.74 Å². The molecule has 0 saturated carbocycles. The van der Waals surface area contributed by atoms with Crippen LogP contribution in [0.15, 0.2) is 24.3 Å². The highest BCUT2D eigenvalue weighted by Crippen LogP contribution is 2.18. The maximum atomic E-state index is 12.3. The van der Waals surface area contributed by atoms with Crippen LogP contribution in [0, 0.1) is 5.41 Å². The molecule has 4 heteroatoms. The Balaban J connectivity index is 2.69. The Hall–Kier alpha value is -1.71. The molecule has 0 bridgehead atoms. The molecule has 1 rings (SSSR count). The lowest BCUT2D eigenvalue weighted by molar-refractivity contribution is 0.185. The largest absolute Gasteiger partial charge is 0.497 e. The molecule has 0 aliphatic rings. The average molecular weight is 278 g/mol. The van der Waals surface area contributed by atoms with E-state index < -0.39 is 0 Å². The van der Waals surface area contributed by atoms with Crippen molar-refractivity contribution >= 4 is 11.7 Å². The number of hydrogen-bond acceptors (Lipinski definition) is 2. The summed E-state index contributed by atoms with van der Waals surface area (Å²) in [5, 5.41) is 2.93. The molecule has 0 radical (unpaired) electrons. The van der Waals surface area contributed by atoms with Gasteiger partial charge in [0.25, 0.3) is 0 Å². The highest BCUT2D eigenvalue weighted by molar-refractivity contribution is 5.89. The second kappa shape index (κ2) is 7.17. The van der Waals surface area contributed by atoms with E-state index in [-0.39, 0.29) is 11.4 Å². The number of methoxy groups -OCH3 is 1. The van der Waals surface area contributed by atoms with Crippen molar-refractivity contribution in [3.05, 3.63) is 24.3 Å². The van der Waals surface area contributed by atoms with Crippen molar-refractivity contribution in [1.82, 2.24) is 4.90 Å². The summed E-state index contributed by atoms with van der Waals surface area (Å²) in [6, 6.07) is 7.31. The highest BCUT2D eigenvalue weighted by Gasteiger charge is 2.20. The second-order valence-corrected chi connectivity index (χ2v) is 6.14. The number of benzene rings is 1. The third kappa shape index (κ3) is 5.51. The normalized spacial score (nSPS) is 11.1. The number of rotatable bonds is 5. The van der Waals surface area contributed by atoms with Gasteiger partial charge in [-0.15, -0.1) is 0 Å². The third-order valence-electron chi connectivity index (χ3n) is 2.79. The highest BCUT2D eigenvalue weighted by atomic mass is 16.5. The van der Waals surface area contributed by atoms with Gasteiger partial charge in [0.2, 0.25) is 0 Å². The molecule has 4 nitrogen and oxygen atoms in total. The van der Waals surface area contributed by atoms with E-state index in [9.17, 15) is 4.79 Å². The number of ether oxygens (including phenoxy) is 1. The van der Waals surface area contributed by atoms with Crippen molar-refractivity contribution in [3.8, 4) is 5.75 Å². The first-order chi connectivity index (χ1) is 9.35.